The molecule has 0 amide bonds. The van der Waals surface area contributed by atoms with Gasteiger partial charge in [-0.15, -0.1) is 0 Å². The first-order valence-electron chi connectivity index (χ1n) is 9.84. The van der Waals surface area contributed by atoms with Gasteiger partial charge in [0.2, 0.25) is 26.0 Å². The van der Waals surface area contributed by atoms with Crippen molar-refractivity contribution in [2.75, 3.05) is 16.4 Å². The summed E-state index contributed by atoms with van der Waals surface area (Å²) < 4.78 is 84.6. The van der Waals surface area contributed by atoms with Gasteiger partial charge in [0, 0.05) is 29.7 Å². The van der Waals surface area contributed by atoms with Crippen molar-refractivity contribution in [2.45, 2.75) is 24.5 Å². The van der Waals surface area contributed by atoms with Crippen LogP contribution in [-0.2, 0) is 26.6 Å². The van der Waals surface area contributed by atoms with Crippen LogP contribution in [0.25, 0.3) is 0 Å². The van der Waals surface area contributed by atoms with Crippen molar-refractivity contribution >= 4 is 43.2 Å². The highest BCUT2D eigenvalue weighted by Gasteiger charge is 2.34. The van der Waals surface area contributed by atoms with Crippen LogP contribution in [0.1, 0.15) is 11.1 Å². The van der Waals surface area contributed by atoms with Gasteiger partial charge in [-0.2, -0.15) is 18.2 Å². The number of hydrogen-bond acceptors (Lipinski definition) is 8. The highest BCUT2D eigenvalue weighted by atomic mass is 32.2. The molecule has 0 atom stereocenters. The number of alkyl halides is 3. The minimum Gasteiger partial charge on any atom is -0.340 e. The van der Waals surface area contributed by atoms with Crippen LogP contribution in [0.3, 0.4) is 0 Å². The standard InChI is InChI=1S/C20H21F3N6O4S2/c1-13-10-25-19(28-16-6-8-17(9-7-16)35(24,32)33)29-18(13)27-15-4-2-14(3-5-15)11-26-34(30,31)12-20(21,22)23/h2-10,26H,11-12H2,1H3,(H2,24,32,33)(H2,25,27,28,29). The van der Waals surface area contributed by atoms with Crippen molar-refractivity contribution in [3.8, 4) is 0 Å². The lowest BCUT2D eigenvalue weighted by Crippen LogP contribution is -2.33. The van der Waals surface area contributed by atoms with E-state index in [1.54, 1.807) is 37.4 Å². The predicted octanol–water partition coefficient (Wildman–Crippen LogP) is 2.90. The maximum absolute atomic E-state index is 12.3. The van der Waals surface area contributed by atoms with Crippen LogP contribution in [0.2, 0.25) is 0 Å². The molecule has 1 aromatic heterocycles. The largest absolute Gasteiger partial charge is 0.404 e. The lowest BCUT2D eigenvalue weighted by molar-refractivity contribution is -0.106. The van der Waals surface area contributed by atoms with E-state index in [0.717, 1.165) is 0 Å². The average molecular weight is 531 g/mol. The van der Waals surface area contributed by atoms with Crippen LogP contribution in [0.4, 0.5) is 36.3 Å². The van der Waals surface area contributed by atoms with Gasteiger partial charge in [-0.3, -0.25) is 0 Å². The summed E-state index contributed by atoms with van der Waals surface area (Å²) in [6.45, 7) is 1.49. The Kier molecular flexibility index (Phi) is 7.64. The SMILES string of the molecule is Cc1cnc(Nc2ccc(S(N)(=O)=O)cc2)nc1Nc1ccc(CNS(=O)(=O)CC(F)(F)F)cc1. The molecule has 0 saturated heterocycles. The van der Waals surface area contributed by atoms with E-state index in [9.17, 15) is 30.0 Å². The van der Waals surface area contributed by atoms with Crippen molar-refractivity contribution < 1.29 is 30.0 Å². The molecule has 0 aliphatic heterocycles. The summed E-state index contributed by atoms with van der Waals surface area (Å²) in [6, 6.07) is 12.1. The fourth-order valence-electron chi connectivity index (χ4n) is 2.79. The number of primary sulfonamides is 1. The number of hydrogen-bond donors (Lipinski definition) is 4. The summed E-state index contributed by atoms with van der Waals surface area (Å²) in [7, 11) is -8.30. The zero-order chi connectivity index (χ0) is 25.9. The highest BCUT2D eigenvalue weighted by molar-refractivity contribution is 7.89. The fourth-order valence-corrected chi connectivity index (χ4v) is 4.22. The predicted molar refractivity (Wildman–Crippen MR) is 124 cm³/mol. The minimum absolute atomic E-state index is 0.0353. The van der Waals surface area contributed by atoms with Gasteiger partial charge in [0.15, 0.2) is 5.75 Å². The Bertz CT molecular complexity index is 1400. The smallest absolute Gasteiger partial charge is 0.340 e. The minimum atomic E-state index is -4.82. The number of halogens is 3. The van der Waals surface area contributed by atoms with E-state index < -0.39 is 32.0 Å². The van der Waals surface area contributed by atoms with Crippen molar-refractivity contribution in [3.63, 3.8) is 0 Å². The number of aryl methyl sites for hydroxylation is 1. The molecule has 3 rings (SSSR count). The second-order valence-corrected chi connectivity index (χ2v) is 10.8. The molecule has 188 valence electrons. The molecule has 3 aromatic rings. The number of nitrogens with two attached hydrogens (primary N) is 1. The summed E-state index contributed by atoms with van der Waals surface area (Å²) in [4.78, 5) is 8.53. The van der Waals surface area contributed by atoms with Crippen LogP contribution in [-0.4, -0.2) is 38.7 Å². The summed E-state index contributed by atoms with van der Waals surface area (Å²) in [6.07, 6.45) is -3.25. The van der Waals surface area contributed by atoms with Crippen molar-refractivity contribution in [1.82, 2.24) is 14.7 Å². The number of benzene rings is 2. The lowest BCUT2D eigenvalue weighted by atomic mass is 10.2. The first-order valence-corrected chi connectivity index (χ1v) is 13.0. The summed E-state index contributed by atoms with van der Waals surface area (Å²) in [5, 5.41) is 11.1. The van der Waals surface area contributed by atoms with Crippen LogP contribution in [0.5, 0.6) is 0 Å². The molecule has 2 aromatic carbocycles. The van der Waals surface area contributed by atoms with E-state index in [0.29, 0.717) is 28.3 Å². The van der Waals surface area contributed by atoms with Crippen LogP contribution >= 0.6 is 0 Å². The molecule has 0 bridgehead atoms. The molecular weight excluding hydrogens is 509 g/mol. The summed E-state index contributed by atoms with van der Waals surface area (Å²) >= 11 is 0. The number of sulfonamides is 2. The fraction of sp³-hybridized carbons (Fsp3) is 0.200. The number of nitrogens with one attached hydrogen (secondary N) is 3. The zero-order valence-electron chi connectivity index (χ0n) is 18.2. The maximum atomic E-state index is 12.3. The molecule has 0 fully saturated rings. The van der Waals surface area contributed by atoms with Crippen LogP contribution < -0.4 is 20.5 Å². The van der Waals surface area contributed by atoms with E-state index in [1.165, 1.54) is 24.3 Å². The van der Waals surface area contributed by atoms with Crippen molar-refractivity contribution in [3.05, 3.63) is 65.9 Å². The van der Waals surface area contributed by atoms with Crippen LogP contribution in [0, 0.1) is 6.92 Å². The first kappa shape index (κ1) is 26.3. The van der Waals surface area contributed by atoms with Gasteiger partial charge in [0.05, 0.1) is 4.90 Å². The summed E-state index contributed by atoms with van der Waals surface area (Å²) in [5.74, 6) is -1.25. The van der Waals surface area contributed by atoms with Gasteiger partial charge in [-0.05, 0) is 48.9 Å². The molecule has 0 saturated carbocycles. The third-order valence-electron chi connectivity index (χ3n) is 4.48. The molecule has 10 nitrogen and oxygen atoms in total. The second kappa shape index (κ2) is 10.2. The van der Waals surface area contributed by atoms with Crippen molar-refractivity contribution in [2.24, 2.45) is 5.14 Å². The topological polar surface area (TPSA) is 156 Å². The third-order valence-corrected chi connectivity index (χ3v) is 6.70. The van der Waals surface area contributed by atoms with E-state index in [-0.39, 0.29) is 17.4 Å². The first-order chi connectivity index (χ1) is 16.2. The number of aromatic nitrogens is 2. The third kappa shape index (κ3) is 8.17. The van der Waals surface area contributed by atoms with Crippen LogP contribution in [0.15, 0.2) is 59.6 Å². The monoisotopic (exact) mass is 530 g/mol. The van der Waals surface area contributed by atoms with E-state index in [1.807, 2.05) is 4.72 Å². The molecule has 1 heterocycles. The molecule has 0 unspecified atom stereocenters. The Morgan fingerprint density at radius 3 is 2.06 bits per heavy atom. The van der Waals surface area contributed by atoms with Gasteiger partial charge in [-0.25, -0.2) is 31.7 Å². The Balaban J connectivity index is 1.65. The van der Waals surface area contributed by atoms with Crippen molar-refractivity contribution in [1.29, 1.82) is 0 Å². The molecule has 15 heteroatoms. The van der Waals surface area contributed by atoms with Gasteiger partial charge < -0.3 is 10.6 Å². The normalized spacial score (nSPS) is 12.4. The van der Waals surface area contributed by atoms with Gasteiger partial charge in [-0.1, -0.05) is 12.1 Å². The van der Waals surface area contributed by atoms with Gasteiger partial charge in [0.25, 0.3) is 0 Å². The number of nitrogens with zero attached hydrogens (tertiary/aromatic N) is 2. The molecule has 0 aliphatic carbocycles. The molecular formula is C20H21F3N6O4S2. The van der Waals surface area contributed by atoms with Gasteiger partial charge >= 0.3 is 6.18 Å². The van der Waals surface area contributed by atoms with E-state index in [2.05, 4.69) is 20.6 Å². The van der Waals surface area contributed by atoms with E-state index in [4.69, 9.17) is 5.14 Å². The second-order valence-electron chi connectivity index (χ2n) is 7.44. The number of rotatable bonds is 9. The molecule has 35 heavy (non-hydrogen) atoms. The highest BCUT2D eigenvalue weighted by Crippen LogP contribution is 2.22. The lowest BCUT2D eigenvalue weighted by Gasteiger charge is -2.12. The quantitative estimate of drug-likeness (QED) is 0.329. The molecule has 0 aliphatic rings. The van der Waals surface area contributed by atoms with E-state index >= 15 is 0 Å². The maximum Gasteiger partial charge on any atom is 0.404 e. The Labute approximate surface area is 199 Å². The summed E-state index contributed by atoms with van der Waals surface area (Å²) in [5.41, 5.74) is 2.30. The number of anilines is 4. The zero-order valence-corrected chi connectivity index (χ0v) is 19.8. The molecule has 0 spiro atoms. The average Bonchev–Trinajstić information content (AvgIpc) is 2.74. The Hall–Kier alpha value is -3.27. The Morgan fingerprint density at radius 2 is 1.49 bits per heavy atom. The Morgan fingerprint density at radius 1 is 0.914 bits per heavy atom. The van der Waals surface area contributed by atoms with Gasteiger partial charge in [0.1, 0.15) is 5.82 Å². The molecule has 5 N–H and O–H groups in total. The molecule has 0 radical (unpaired) electrons.